The van der Waals surface area contributed by atoms with E-state index in [-0.39, 0.29) is 63.0 Å². The van der Waals surface area contributed by atoms with Gasteiger partial charge in [-0.2, -0.15) is 0 Å². The summed E-state index contributed by atoms with van der Waals surface area (Å²) in [6.45, 7) is 0. The molecule has 0 aliphatic carbocycles. The van der Waals surface area contributed by atoms with Gasteiger partial charge in [-0.3, -0.25) is 0 Å². The summed E-state index contributed by atoms with van der Waals surface area (Å²) < 4.78 is 0. The zero-order valence-electron chi connectivity index (χ0n) is 4.75. The molecule has 0 unspecified atom stereocenters. The van der Waals surface area contributed by atoms with Gasteiger partial charge in [-0.15, -0.1) is 0 Å². The first-order valence-corrected chi connectivity index (χ1v) is 0.548. The minimum absolute atomic E-state index is 0. The van der Waals surface area contributed by atoms with Gasteiger partial charge in [-0.1, -0.05) is 0 Å². The van der Waals surface area contributed by atoms with E-state index in [1.807, 2.05) is 0 Å². The van der Waals surface area contributed by atoms with Gasteiger partial charge in [0.1, 0.15) is 0 Å². The Bertz CT molecular complexity index is 32.2. The molecule has 0 atom stereocenters. The van der Waals surface area contributed by atoms with Crippen molar-refractivity contribution in [2.75, 3.05) is 0 Å². The summed E-state index contributed by atoms with van der Waals surface area (Å²) in [4.78, 5) is 8.25. The van der Waals surface area contributed by atoms with Crippen molar-refractivity contribution in [3.05, 3.63) is 15.3 Å². The molecule has 0 aliphatic heterocycles. The molecule has 10 heavy (non-hydrogen) atoms. The zero-order chi connectivity index (χ0) is 3.58. The molecule has 0 aromatic carbocycles. The molecule has 0 radical (unpaired) electrons. The van der Waals surface area contributed by atoms with Gasteiger partial charge in [0.05, 0.1) is 5.09 Å². The fraction of sp³-hybridized carbons (Fsp3) is 0. The van der Waals surface area contributed by atoms with Gasteiger partial charge >= 0.3 is 35.6 Å². The molecule has 0 aromatic rings. The molecule has 0 fully saturated rings. The van der Waals surface area contributed by atoms with Gasteiger partial charge in [0.15, 0.2) is 0 Å². The van der Waals surface area contributed by atoms with Crippen LogP contribution in [0.3, 0.4) is 0 Å². The van der Waals surface area contributed by atoms with Crippen LogP contribution in [0.1, 0.15) is 0 Å². The molecule has 0 spiro atoms. The molecule has 0 saturated heterocycles. The van der Waals surface area contributed by atoms with Gasteiger partial charge in [0.2, 0.25) is 0 Å². The Balaban J connectivity index is -0.00000000300. The van der Waals surface area contributed by atoms with E-state index < -0.39 is 5.09 Å². The first-order valence-electron chi connectivity index (χ1n) is 0.548. The molecule has 0 bridgehead atoms. The predicted octanol–water partition coefficient (Wildman–Crippen LogP) is -4.36. The maximum atomic E-state index is 8.25. The molecule has 9 nitrogen and oxygen atoms in total. The predicted molar refractivity (Wildman–Crippen MR) is 28.4 cm³/mol. The van der Waals surface area contributed by atoms with Crippen LogP contribution in [0.5, 0.6) is 0 Å². The topological polar surface area (TPSA) is 224 Å². The van der Waals surface area contributed by atoms with Gasteiger partial charge in [-0.25, -0.2) is 0 Å². The van der Waals surface area contributed by atoms with Crippen molar-refractivity contribution >= 4 is 0 Å². The van der Waals surface area contributed by atoms with E-state index in [1.54, 1.807) is 0 Å². The van der Waals surface area contributed by atoms with E-state index in [1.165, 1.54) is 0 Å². The Morgan fingerprint density at radius 2 is 0.800 bits per heavy atom. The van der Waals surface area contributed by atoms with Crippen molar-refractivity contribution in [2.24, 2.45) is 0 Å². The molecule has 0 amide bonds. The van der Waals surface area contributed by atoms with Crippen LogP contribution in [0.2, 0.25) is 0 Å². The van der Waals surface area contributed by atoms with Crippen LogP contribution in [0, 0.1) is 50.9 Å². The first kappa shape index (κ1) is 84.4. The molecule has 10 N–H and O–H groups in total. The molecule has 0 heterocycles. The van der Waals surface area contributed by atoms with Crippen LogP contribution in [0.4, 0.5) is 0 Å². The average molecular weight is 291 g/mol. The quantitative estimate of drug-likeness (QED) is 0.318. The second-order valence-electron chi connectivity index (χ2n) is 0.224. The van der Waals surface area contributed by atoms with Gasteiger partial charge < -0.3 is 42.7 Å². The smallest absolute Gasteiger partial charge is 0.412 e. The Labute approximate surface area is 83.3 Å². The fourth-order valence-electron chi connectivity index (χ4n) is 0. The summed E-state index contributed by atoms with van der Waals surface area (Å²) in [7, 11) is 0. The number of rotatable bonds is 0. The summed E-state index contributed by atoms with van der Waals surface area (Å²) >= 11 is 0. The van der Waals surface area contributed by atoms with E-state index >= 15 is 0 Å². The van der Waals surface area contributed by atoms with E-state index in [4.69, 9.17) is 15.3 Å². The molecule has 0 aliphatic rings. The summed E-state index contributed by atoms with van der Waals surface area (Å²) in [6.07, 6.45) is 0. The van der Waals surface area contributed by atoms with Crippen LogP contribution < -0.4 is 0 Å². The van der Waals surface area contributed by atoms with E-state index in [0.717, 1.165) is 0 Å². The van der Waals surface area contributed by atoms with Crippen LogP contribution >= 0.6 is 0 Å². The third-order valence-electron chi connectivity index (χ3n) is 0. The SMILES string of the molecule is O.O.O.O.O.O=[N+]([O-])[O-].[La+3]. The van der Waals surface area contributed by atoms with E-state index in [9.17, 15) is 0 Å². The molecule has 10 heteroatoms. The van der Waals surface area contributed by atoms with E-state index in [0.29, 0.717) is 0 Å². The molecule has 0 aromatic heterocycles. The van der Waals surface area contributed by atoms with Crippen molar-refractivity contribution < 1.29 is 68.1 Å². The van der Waals surface area contributed by atoms with Crippen LogP contribution in [0.25, 0.3) is 0 Å². The fourth-order valence-corrected chi connectivity index (χ4v) is 0. The molecular weight excluding hydrogens is 281 g/mol. The number of hydrogen-bond donors (Lipinski definition) is 0. The maximum Gasteiger partial charge on any atom is 3.00 e. The monoisotopic (exact) mass is 291 g/mol. The van der Waals surface area contributed by atoms with Gasteiger partial charge in [0.25, 0.3) is 0 Å². The Morgan fingerprint density at radius 1 is 0.800 bits per heavy atom. The Morgan fingerprint density at radius 3 is 0.800 bits per heavy atom. The summed E-state index contributed by atoms with van der Waals surface area (Å²) in [6, 6.07) is 0. The summed E-state index contributed by atoms with van der Waals surface area (Å²) in [5.41, 5.74) is 0. The van der Waals surface area contributed by atoms with E-state index in [2.05, 4.69) is 0 Å². The second-order valence-corrected chi connectivity index (χ2v) is 0.224. The minimum Gasteiger partial charge on any atom is -0.412 e. The third-order valence-corrected chi connectivity index (χ3v) is 0. The maximum absolute atomic E-state index is 8.25. The van der Waals surface area contributed by atoms with Crippen molar-refractivity contribution in [1.29, 1.82) is 0 Å². The Hall–Kier alpha value is 0.195. The molecule has 0 rings (SSSR count). The largest absolute Gasteiger partial charge is 3.00 e. The van der Waals surface area contributed by atoms with Gasteiger partial charge in [0, 0.05) is 0 Å². The first-order chi connectivity index (χ1) is 1.73. The third kappa shape index (κ3) is 11200. The molecular formula is H10LaNO8+2. The second kappa shape index (κ2) is 60.5. The number of hydrogen-bond acceptors (Lipinski definition) is 3. The van der Waals surface area contributed by atoms with Crippen molar-refractivity contribution in [2.45, 2.75) is 0 Å². The Kier molecular flexibility index (Phi) is 511. The number of nitrogens with zero attached hydrogens (tertiary/aromatic N) is 1. The standard InChI is InChI=1S/La.NO3.5H2O/c;2-1(3)4;;;;;/h;;5*1H2/q+3;-1;;;;;. The average Bonchev–Trinajstić information content (AvgIpc) is 0.811. The van der Waals surface area contributed by atoms with Crippen LogP contribution in [-0.4, -0.2) is 32.5 Å². The summed E-state index contributed by atoms with van der Waals surface area (Å²) in [5, 5.41) is 14.8. The van der Waals surface area contributed by atoms with Crippen molar-refractivity contribution in [3.63, 3.8) is 0 Å². The minimum atomic E-state index is -1.75. The van der Waals surface area contributed by atoms with Gasteiger partial charge in [-0.05, 0) is 0 Å². The normalized spacial score (nSPS) is 2.40. The zero-order valence-corrected chi connectivity index (χ0v) is 8.38. The van der Waals surface area contributed by atoms with Crippen molar-refractivity contribution in [3.8, 4) is 0 Å². The molecule has 64 valence electrons. The summed E-state index contributed by atoms with van der Waals surface area (Å²) in [5.74, 6) is 0. The molecule has 0 saturated carbocycles. The van der Waals surface area contributed by atoms with Crippen molar-refractivity contribution in [1.82, 2.24) is 0 Å². The van der Waals surface area contributed by atoms with Crippen LogP contribution in [0.15, 0.2) is 0 Å². The van der Waals surface area contributed by atoms with Crippen LogP contribution in [-0.2, 0) is 0 Å².